The third kappa shape index (κ3) is 4.46. The molecule has 0 aliphatic heterocycles. The minimum atomic E-state index is -1.14. The van der Waals surface area contributed by atoms with Gasteiger partial charge in [-0.05, 0) is 20.8 Å². The Labute approximate surface area is 121 Å². The van der Waals surface area contributed by atoms with E-state index in [-0.39, 0.29) is 12.6 Å². The summed E-state index contributed by atoms with van der Waals surface area (Å²) in [5, 5.41) is 14.9. The SMILES string of the molecule is COCC(NC(=O)NC(C)c1sc(C)nc1C)C(=O)O. The Bertz CT molecular complexity index is 489. The van der Waals surface area contributed by atoms with Crippen LogP contribution in [0.5, 0.6) is 0 Å². The molecule has 2 unspecified atom stereocenters. The highest BCUT2D eigenvalue weighted by molar-refractivity contribution is 7.11. The topological polar surface area (TPSA) is 101 Å². The first-order chi connectivity index (χ1) is 9.35. The van der Waals surface area contributed by atoms with Crippen molar-refractivity contribution in [3.8, 4) is 0 Å². The summed E-state index contributed by atoms with van der Waals surface area (Å²) < 4.78 is 4.75. The number of carboxylic acid groups (broad SMARTS) is 1. The van der Waals surface area contributed by atoms with Crippen LogP contribution < -0.4 is 10.6 Å². The summed E-state index contributed by atoms with van der Waals surface area (Å²) in [4.78, 5) is 27.9. The molecule has 2 atom stereocenters. The standard InChI is InChI=1S/C12H19N3O4S/c1-6-10(20-8(3)13-6)7(2)14-12(18)15-9(5-19-4)11(16)17/h7,9H,5H2,1-4H3,(H,16,17)(H2,14,15,18). The maximum atomic E-state index is 11.8. The molecule has 0 aromatic carbocycles. The van der Waals surface area contributed by atoms with Gasteiger partial charge < -0.3 is 20.5 Å². The number of hydrogen-bond donors (Lipinski definition) is 3. The molecule has 1 aromatic rings. The van der Waals surface area contributed by atoms with Crippen LogP contribution in [0.25, 0.3) is 0 Å². The van der Waals surface area contributed by atoms with E-state index in [9.17, 15) is 9.59 Å². The number of methoxy groups -OCH3 is 1. The van der Waals surface area contributed by atoms with Crippen molar-refractivity contribution < 1.29 is 19.4 Å². The summed E-state index contributed by atoms with van der Waals surface area (Å²) in [6, 6.07) is -1.86. The Morgan fingerprint density at radius 3 is 2.50 bits per heavy atom. The smallest absolute Gasteiger partial charge is 0.328 e. The number of aliphatic carboxylic acids is 1. The fourth-order valence-electron chi connectivity index (χ4n) is 1.75. The Balaban J connectivity index is 2.61. The van der Waals surface area contributed by atoms with Crippen LogP contribution in [0.2, 0.25) is 0 Å². The van der Waals surface area contributed by atoms with Gasteiger partial charge in [0.25, 0.3) is 0 Å². The number of urea groups is 1. The fraction of sp³-hybridized carbons (Fsp3) is 0.583. The van der Waals surface area contributed by atoms with Crippen molar-refractivity contribution in [1.82, 2.24) is 15.6 Å². The average Bonchev–Trinajstić information content (AvgIpc) is 2.67. The molecule has 1 aromatic heterocycles. The molecule has 1 heterocycles. The summed E-state index contributed by atoms with van der Waals surface area (Å²) in [6.45, 7) is 5.51. The highest BCUT2D eigenvalue weighted by atomic mass is 32.1. The minimum Gasteiger partial charge on any atom is -0.480 e. The van der Waals surface area contributed by atoms with Gasteiger partial charge in [0.05, 0.1) is 23.4 Å². The van der Waals surface area contributed by atoms with E-state index in [1.165, 1.54) is 18.4 Å². The van der Waals surface area contributed by atoms with Gasteiger partial charge in [0.2, 0.25) is 0 Å². The maximum absolute atomic E-state index is 11.8. The number of hydrogen-bond acceptors (Lipinski definition) is 5. The van der Waals surface area contributed by atoms with E-state index in [1.807, 2.05) is 20.8 Å². The number of aryl methyl sites for hydroxylation is 2. The van der Waals surface area contributed by atoms with Gasteiger partial charge in [-0.2, -0.15) is 0 Å². The molecule has 3 N–H and O–H groups in total. The molecule has 2 amide bonds. The van der Waals surface area contributed by atoms with E-state index in [2.05, 4.69) is 15.6 Å². The second-order valence-electron chi connectivity index (χ2n) is 4.37. The third-order valence-corrected chi connectivity index (χ3v) is 3.87. The lowest BCUT2D eigenvalue weighted by Crippen LogP contribution is -2.48. The Morgan fingerprint density at radius 1 is 1.40 bits per heavy atom. The van der Waals surface area contributed by atoms with Crippen molar-refractivity contribution in [2.45, 2.75) is 32.9 Å². The first-order valence-corrected chi connectivity index (χ1v) is 6.89. The predicted molar refractivity (Wildman–Crippen MR) is 75.0 cm³/mol. The second-order valence-corrected chi connectivity index (χ2v) is 5.60. The number of aromatic nitrogens is 1. The van der Waals surface area contributed by atoms with E-state index < -0.39 is 18.0 Å². The lowest BCUT2D eigenvalue weighted by atomic mass is 10.2. The van der Waals surface area contributed by atoms with Crippen molar-refractivity contribution in [2.75, 3.05) is 13.7 Å². The van der Waals surface area contributed by atoms with Gasteiger partial charge in [0, 0.05) is 12.0 Å². The number of carbonyl (C=O) groups is 2. The van der Waals surface area contributed by atoms with Gasteiger partial charge in [-0.3, -0.25) is 0 Å². The maximum Gasteiger partial charge on any atom is 0.328 e. The summed E-state index contributed by atoms with van der Waals surface area (Å²) in [5.41, 5.74) is 0.868. The molecule has 0 bridgehead atoms. The molecule has 1 rings (SSSR count). The lowest BCUT2D eigenvalue weighted by molar-refractivity contribution is -0.140. The molecule has 0 aliphatic carbocycles. The van der Waals surface area contributed by atoms with Gasteiger partial charge in [-0.1, -0.05) is 0 Å². The van der Waals surface area contributed by atoms with Crippen molar-refractivity contribution in [2.24, 2.45) is 0 Å². The molecule has 7 nitrogen and oxygen atoms in total. The average molecular weight is 301 g/mol. The molecular formula is C12H19N3O4S. The summed E-state index contributed by atoms with van der Waals surface area (Å²) >= 11 is 1.51. The zero-order valence-corrected chi connectivity index (χ0v) is 12.7. The minimum absolute atomic E-state index is 0.0875. The van der Waals surface area contributed by atoms with Crippen LogP contribution >= 0.6 is 11.3 Å². The number of nitrogens with one attached hydrogen (secondary N) is 2. The number of amides is 2. The number of carboxylic acids is 1. The van der Waals surface area contributed by atoms with Crippen LogP contribution in [0.1, 0.15) is 28.5 Å². The third-order valence-electron chi connectivity index (χ3n) is 2.62. The number of carbonyl (C=O) groups excluding carboxylic acids is 1. The molecule has 0 spiro atoms. The van der Waals surface area contributed by atoms with Crippen molar-refractivity contribution in [3.05, 3.63) is 15.6 Å². The van der Waals surface area contributed by atoms with Crippen molar-refractivity contribution in [3.63, 3.8) is 0 Å². The number of thiazole rings is 1. The molecule has 0 radical (unpaired) electrons. The molecular weight excluding hydrogens is 282 g/mol. The van der Waals surface area contributed by atoms with Crippen LogP contribution in [0, 0.1) is 13.8 Å². The Kier molecular flexibility index (Phi) is 5.90. The van der Waals surface area contributed by atoms with Crippen LogP contribution in [0.4, 0.5) is 4.79 Å². The van der Waals surface area contributed by atoms with Crippen molar-refractivity contribution >= 4 is 23.3 Å². The van der Waals surface area contributed by atoms with Gasteiger partial charge in [0.1, 0.15) is 0 Å². The largest absolute Gasteiger partial charge is 0.480 e. The van der Waals surface area contributed by atoms with Crippen LogP contribution in [0.3, 0.4) is 0 Å². The van der Waals surface area contributed by atoms with E-state index >= 15 is 0 Å². The molecule has 20 heavy (non-hydrogen) atoms. The van der Waals surface area contributed by atoms with Gasteiger partial charge in [-0.15, -0.1) is 11.3 Å². The molecule has 8 heteroatoms. The summed E-state index contributed by atoms with van der Waals surface area (Å²) in [6.07, 6.45) is 0. The molecule has 112 valence electrons. The molecule has 0 saturated carbocycles. The van der Waals surface area contributed by atoms with E-state index in [0.717, 1.165) is 15.6 Å². The van der Waals surface area contributed by atoms with Crippen LogP contribution in [-0.4, -0.2) is 41.8 Å². The second kappa shape index (κ2) is 7.20. The van der Waals surface area contributed by atoms with E-state index in [0.29, 0.717) is 0 Å². The summed E-state index contributed by atoms with van der Waals surface area (Å²) in [5.74, 6) is -1.14. The molecule has 0 aliphatic rings. The van der Waals surface area contributed by atoms with Crippen LogP contribution in [-0.2, 0) is 9.53 Å². The lowest BCUT2D eigenvalue weighted by Gasteiger charge is -2.17. The van der Waals surface area contributed by atoms with Gasteiger partial charge >= 0.3 is 12.0 Å². The Hall–Kier alpha value is -1.67. The highest BCUT2D eigenvalue weighted by Gasteiger charge is 2.21. The highest BCUT2D eigenvalue weighted by Crippen LogP contribution is 2.24. The number of rotatable bonds is 6. The quantitative estimate of drug-likeness (QED) is 0.733. The van der Waals surface area contributed by atoms with Crippen molar-refractivity contribution in [1.29, 1.82) is 0 Å². The zero-order chi connectivity index (χ0) is 15.3. The number of nitrogens with zero attached hydrogens (tertiary/aromatic N) is 1. The first-order valence-electron chi connectivity index (χ1n) is 6.07. The number of ether oxygens (including phenoxy) is 1. The predicted octanol–water partition coefficient (Wildman–Crippen LogP) is 1.22. The summed E-state index contributed by atoms with van der Waals surface area (Å²) in [7, 11) is 1.38. The normalized spacial score (nSPS) is 13.6. The fourth-order valence-corrected chi connectivity index (χ4v) is 2.68. The first kappa shape index (κ1) is 16.4. The van der Waals surface area contributed by atoms with Crippen LogP contribution in [0.15, 0.2) is 0 Å². The monoisotopic (exact) mass is 301 g/mol. The van der Waals surface area contributed by atoms with Gasteiger partial charge in [0.15, 0.2) is 6.04 Å². The molecule has 0 fully saturated rings. The zero-order valence-electron chi connectivity index (χ0n) is 11.9. The molecule has 0 saturated heterocycles. The van der Waals surface area contributed by atoms with E-state index in [1.54, 1.807) is 0 Å². The Morgan fingerprint density at radius 2 is 2.05 bits per heavy atom. The van der Waals surface area contributed by atoms with E-state index in [4.69, 9.17) is 9.84 Å². The van der Waals surface area contributed by atoms with Gasteiger partial charge in [-0.25, -0.2) is 14.6 Å².